The monoisotopic (exact) mass is 194 g/mol. The first-order chi connectivity index (χ1) is 6.77. The predicted molar refractivity (Wildman–Crippen MR) is 53.6 cm³/mol. The number of Topliss-reactive ketones (excluding diaryl/α,β-unsaturated/α-hetero) is 1. The van der Waals surface area contributed by atoms with Gasteiger partial charge in [-0.05, 0) is 6.07 Å². The van der Waals surface area contributed by atoms with Gasteiger partial charge in [0.15, 0.2) is 5.78 Å². The largest absolute Gasteiger partial charge is 0.496 e. The molecule has 0 aliphatic rings. The first kappa shape index (κ1) is 10.7. The van der Waals surface area contributed by atoms with Crippen LogP contribution in [0.3, 0.4) is 0 Å². The van der Waals surface area contributed by atoms with Crippen molar-refractivity contribution in [2.75, 3.05) is 20.8 Å². The summed E-state index contributed by atoms with van der Waals surface area (Å²) in [6.07, 6.45) is 0.359. The van der Waals surface area contributed by atoms with E-state index in [1.165, 1.54) is 7.11 Å². The highest BCUT2D eigenvalue weighted by Gasteiger charge is 2.07. The van der Waals surface area contributed by atoms with E-state index in [-0.39, 0.29) is 12.4 Å². The van der Waals surface area contributed by atoms with E-state index in [9.17, 15) is 4.79 Å². The first-order valence-electron chi connectivity index (χ1n) is 4.40. The van der Waals surface area contributed by atoms with E-state index in [1.807, 2.05) is 24.3 Å². The van der Waals surface area contributed by atoms with Gasteiger partial charge in [-0.25, -0.2) is 0 Å². The van der Waals surface area contributed by atoms with Crippen LogP contribution in [0.1, 0.15) is 5.56 Å². The lowest BCUT2D eigenvalue weighted by molar-refractivity contribution is -0.122. The van der Waals surface area contributed by atoms with Crippen molar-refractivity contribution < 1.29 is 14.3 Å². The van der Waals surface area contributed by atoms with E-state index in [1.54, 1.807) is 7.11 Å². The summed E-state index contributed by atoms with van der Waals surface area (Å²) < 4.78 is 9.89. The Morgan fingerprint density at radius 2 is 2.00 bits per heavy atom. The molecule has 0 unspecified atom stereocenters. The van der Waals surface area contributed by atoms with E-state index in [4.69, 9.17) is 9.47 Å². The second-order valence-electron chi connectivity index (χ2n) is 2.96. The normalized spacial score (nSPS) is 9.86. The Kier molecular flexibility index (Phi) is 4.13. The maximum absolute atomic E-state index is 11.3. The van der Waals surface area contributed by atoms with Crippen LogP contribution in [-0.2, 0) is 16.0 Å². The highest BCUT2D eigenvalue weighted by atomic mass is 16.5. The zero-order valence-corrected chi connectivity index (χ0v) is 8.45. The van der Waals surface area contributed by atoms with Gasteiger partial charge in [0.1, 0.15) is 12.4 Å². The van der Waals surface area contributed by atoms with Crippen LogP contribution in [0.25, 0.3) is 0 Å². The molecule has 1 rings (SSSR count). The number of hydrogen-bond acceptors (Lipinski definition) is 3. The summed E-state index contributed by atoms with van der Waals surface area (Å²) in [5.41, 5.74) is 0.900. The fraction of sp³-hybridized carbons (Fsp3) is 0.364. The number of ketones is 1. The van der Waals surface area contributed by atoms with Gasteiger partial charge in [-0.3, -0.25) is 4.79 Å². The molecule has 0 radical (unpaired) electrons. The minimum atomic E-state index is 0.0528. The molecule has 0 saturated carbocycles. The zero-order chi connectivity index (χ0) is 10.4. The van der Waals surface area contributed by atoms with Gasteiger partial charge >= 0.3 is 0 Å². The molecule has 1 aromatic rings. The fourth-order valence-corrected chi connectivity index (χ4v) is 1.27. The van der Waals surface area contributed by atoms with E-state index in [2.05, 4.69) is 0 Å². The molecule has 0 saturated heterocycles. The molecule has 0 fully saturated rings. The van der Waals surface area contributed by atoms with Crippen LogP contribution >= 0.6 is 0 Å². The number of methoxy groups -OCH3 is 2. The van der Waals surface area contributed by atoms with E-state index in [0.717, 1.165) is 11.3 Å². The Bertz CT molecular complexity index is 307. The Morgan fingerprint density at radius 3 is 2.64 bits per heavy atom. The number of para-hydroxylation sites is 1. The van der Waals surface area contributed by atoms with Crippen molar-refractivity contribution in [3.63, 3.8) is 0 Å². The van der Waals surface area contributed by atoms with Gasteiger partial charge in [-0.2, -0.15) is 0 Å². The lowest BCUT2D eigenvalue weighted by Gasteiger charge is -2.06. The molecular formula is C11H14O3. The van der Waals surface area contributed by atoms with Crippen LogP contribution in [-0.4, -0.2) is 26.6 Å². The molecule has 1 aromatic carbocycles. The lowest BCUT2D eigenvalue weighted by Crippen LogP contribution is -2.10. The number of hydrogen-bond donors (Lipinski definition) is 0. The van der Waals surface area contributed by atoms with Crippen LogP contribution in [0.2, 0.25) is 0 Å². The van der Waals surface area contributed by atoms with Gasteiger partial charge in [0.25, 0.3) is 0 Å². The third-order valence-electron chi connectivity index (χ3n) is 1.89. The van der Waals surface area contributed by atoms with Crippen LogP contribution in [0.5, 0.6) is 5.75 Å². The van der Waals surface area contributed by atoms with Crippen molar-refractivity contribution in [3.8, 4) is 5.75 Å². The van der Waals surface area contributed by atoms with Gasteiger partial charge in [-0.15, -0.1) is 0 Å². The van der Waals surface area contributed by atoms with E-state index >= 15 is 0 Å². The van der Waals surface area contributed by atoms with Gasteiger partial charge in [0.2, 0.25) is 0 Å². The number of rotatable bonds is 5. The van der Waals surface area contributed by atoms with Crippen molar-refractivity contribution in [1.82, 2.24) is 0 Å². The van der Waals surface area contributed by atoms with Gasteiger partial charge in [0, 0.05) is 19.1 Å². The molecule has 14 heavy (non-hydrogen) atoms. The number of carbonyl (C=O) groups excluding carboxylic acids is 1. The Hall–Kier alpha value is -1.35. The first-order valence-corrected chi connectivity index (χ1v) is 4.40. The molecule has 0 amide bonds. The van der Waals surface area contributed by atoms with Crippen molar-refractivity contribution in [2.45, 2.75) is 6.42 Å². The highest BCUT2D eigenvalue weighted by molar-refractivity contribution is 5.82. The summed E-state index contributed by atoms with van der Waals surface area (Å²) in [7, 11) is 3.11. The number of carbonyl (C=O) groups is 1. The van der Waals surface area contributed by atoms with Crippen LogP contribution in [0.15, 0.2) is 24.3 Å². The van der Waals surface area contributed by atoms with Gasteiger partial charge < -0.3 is 9.47 Å². The second kappa shape index (κ2) is 5.40. The smallest absolute Gasteiger partial charge is 0.162 e. The topological polar surface area (TPSA) is 35.5 Å². The lowest BCUT2D eigenvalue weighted by atomic mass is 10.1. The molecule has 0 aliphatic heterocycles. The zero-order valence-electron chi connectivity index (χ0n) is 8.45. The highest BCUT2D eigenvalue weighted by Crippen LogP contribution is 2.17. The van der Waals surface area contributed by atoms with Crippen LogP contribution < -0.4 is 4.74 Å². The summed E-state index contributed by atoms with van der Waals surface area (Å²) in [6.45, 7) is 0.151. The van der Waals surface area contributed by atoms with Crippen molar-refractivity contribution >= 4 is 5.78 Å². The van der Waals surface area contributed by atoms with Gasteiger partial charge in [0.05, 0.1) is 7.11 Å². The quantitative estimate of drug-likeness (QED) is 0.711. The molecule has 0 spiro atoms. The average Bonchev–Trinajstić information content (AvgIpc) is 2.19. The number of ether oxygens (including phenoxy) is 2. The van der Waals surface area contributed by atoms with Crippen molar-refractivity contribution in [3.05, 3.63) is 29.8 Å². The Labute approximate surface area is 83.6 Å². The molecule has 0 heterocycles. The van der Waals surface area contributed by atoms with Gasteiger partial charge in [-0.1, -0.05) is 18.2 Å². The van der Waals surface area contributed by atoms with Crippen molar-refractivity contribution in [2.24, 2.45) is 0 Å². The third kappa shape index (κ3) is 2.85. The third-order valence-corrected chi connectivity index (χ3v) is 1.89. The maximum atomic E-state index is 11.3. The number of benzene rings is 1. The second-order valence-corrected chi connectivity index (χ2v) is 2.96. The minimum absolute atomic E-state index is 0.0528. The molecule has 3 nitrogen and oxygen atoms in total. The molecule has 0 N–H and O–H groups in total. The van der Waals surface area contributed by atoms with Crippen LogP contribution in [0.4, 0.5) is 0 Å². The standard InChI is InChI=1S/C11H14O3/c1-13-8-10(12)7-9-5-3-4-6-11(9)14-2/h3-6H,7-8H2,1-2H3. The summed E-state index contributed by atoms with van der Waals surface area (Å²) in [4.78, 5) is 11.3. The summed E-state index contributed by atoms with van der Waals surface area (Å²) >= 11 is 0. The Balaban J connectivity index is 2.70. The minimum Gasteiger partial charge on any atom is -0.496 e. The molecular weight excluding hydrogens is 180 g/mol. The molecule has 76 valence electrons. The maximum Gasteiger partial charge on any atom is 0.162 e. The SMILES string of the molecule is COCC(=O)Cc1ccccc1OC. The molecule has 3 heteroatoms. The molecule has 0 aromatic heterocycles. The predicted octanol–water partition coefficient (Wildman–Crippen LogP) is 1.45. The average molecular weight is 194 g/mol. The summed E-state index contributed by atoms with van der Waals surface area (Å²) in [5, 5.41) is 0. The fourth-order valence-electron chi connectivity index (χ4n) is 1.27. The van der Waals surface area contributed by atoms with Crippen molar-refractivity contribution in [1.29, 1.82) is 0 Å². The summed E-state index contributed by atoms with van der Waals surface area (Å²) in [6, 6.07) is 7.49. The Morgan fingerprint density at radius 1 is 1.29 bits per heavy atom. The van der Waals surface area contributed by atoms with Crippen LogP contribution in [0, 0.1) is 0 Å². The van der Waals surface area contributed by atoms with E-state index in [0.29, 0.717) is 6.42 Å². The summed E-state index contributed by atoms with van der Waals surface area (Å²) in [5.74, 6) is 0.800. The van der Waals surface area contributed by atoms with E-state index < -0.39 is 0 Å². The molecule has 0 atom stereocenters. The molecule has 0 bridgehead atoms. The molecule has 0 aliphatic carbocycles.